The molecule has 7 nitrogen and oxygen atoms in total. The van der Waals surface area contributed by atoms with Crippen molar-refractivity contribution < 1.29 is 17.9 Å². The Kier molecular flexibility index (Phi) is 5.58. The van der Waals surface area contributed by atoms with E-state index in [0.717, 1.165) is 39.7 Å². The van der Waals surface area contributed by atoms with Crippen molar-refractivity contribution in [3.63, 3.8) is 0 Å². The molecule has 1 aliphatic rings. The Hall–Kier alpha value is -3.13. The second-order valence-electron chi connectivity index (χ2n) is 7.98. The summed E-state index contributed by atoms with van der Waals surface area (Å²) in [6.45, 7) is 4.79. The van der Waals surface area contributed by atoms with Crippen LogP contribution in [-0.4, -0.2) is 54.8 Å². The number of rotatable bonds is 4. The lowest BCUT2D eigenvalue weighted by atomic mass is 9.98. The molecule has 1 aliphatic heterocycles. The van der Waals surface area contributed by atoms with Crippen LogP contribution in [0.15, 0.2) is 53.7 Å². The average molecular weight is 440 g/mol. The summed E-state index contributed by atoms with van der Waals surface area (Å²) in [5.74, 6) is 0. The van der Waals surface area contributed by atoms with Crippen LogP contribution >= 0.6 is 0 Å². The van der Waals surface area contributed by atoms with E-state index in [9.17, 15) is 13.2 Å². The van der Waals surface area contributed by atoms with Gasteiger partial charge in [-0.1, -0.05) is 18.2 Å². The van der Waals surface area contributed by atoms with Gasteiger partial charge in [0.15, 0.2) is 9.84 Å². The van der Waals surface area contributed by atoms with Crippen molar-refractivity contribution in [2.45, 2.75) is 31.3 Å². The van der Waals surface area contributed by atoms with E-state index in [2.05, 4.69) is 22.1 Å². The number of aromatic nitrogens is 2. The van der Waals surface area contributed by atoms with E-state index in [4.69, 9.17) is 4.74 Å². The number of amides is 1. The lowest BCUT2D eigenvalue weighted by Crippen LogP contribution is -2.36. The van der Waals surface area contributed by atoms with E-state index in [0.29, 0.717) is 18.0 Å². The van der Waals surface area contributed by atoms with Crippen LogP contribution in [0.25, 0.3) is 27.7 Å². The Bertz CT molecular complexity index is 1260. The first-order valence-corrected chi connectivity index (χ1v) is 12.0. The Balaban J connectivity index is 1.61. The summed E-state index contributed by atoms with van der Waals surface area (Å²) < 4.78 is 28.7. The number of benzene rings is 1. The second kappa shape index (κ2) is 8.19. The van der Waals surface area contributed by atoms with E-state index in [1.807, 2.05) is 20.0 Å². The van der Waals surface area contributed by atoms with Crippen molar-refractivity contribution in [2.24, 2.45) is 0 Å². The molecular formula is C23H25N3O4S. The predicted molar refractivity (Wildman–Crippen MR) is 120 cm³/mol. The van der Waals surface area contributed by atoms with E-state index >= 15 is 0 Å². The fourth-order valence-corrected chi connectivity index (χ4v) is 4.31. The normalized spacial score (nSPS) is 14.7. The highest BCUT2D eigenvalue weighted by atomic mass is 32.2. The summed E-state index contributed by atoms with van der Waals surface area (Å²) in [5, 5.41) is 0.995. The lowest BCUT2D eigenvalue weighted by molar-refractivity contribution is 0.0799. The van der Waals surface area contributed by atoms with Gasteiger partial charge in [-0.05, 0) is 49.6 Å². The van der Waals surface area contributed by atoms with E-state index in [1.165, 1.54) is 6.26 Å². The van der Waals surface area contributed by atoms with Crippen molar-refractivity contribution >= 4 is 32.5 Å². The number of sulfone groups is 1. The monoisotopic (exact) mass is 439 g/mol. The van der Waals surface area contributed by atoms with Gasteiger partial charge in [-0.3, -0.25) is 0 Å². The minimum atomic E-state index is -3.23. The minimum Gasteiger partial charge on any atom is -0.447 e. The maximum atomic E-state index is 12.1. The molecule has 1 amide bonds. The maximum Gasteiger partial charge on any atom is 0.410 e. The molecule has 0 aliphatic carbocycles. The molecule has 1 N–H and O–H groups in total. The molecule has 1 aromatic carbocycles. The summed E-state index contributed by atoms with van der Waals surface area (Å²) in [5.41, 5.74) is 4.82. The Morgan fingerprint density at radius 1 is 1.19 bits per heavy atom. The number of nitrogens with one attached hydrogen (secondary N) is 1. The number of nitrogens with zero attached hydrogens (tertiary/aromatic N) is 2. The third-order valence-corrected chi connectivity index (χ3v) is 6.43. The highest BCUT2D eigenvalue weighted by molar-refractivity contribution is 7.90. The molecule has 162 valence electrons. The van der Waals surface area contributed by atoms with Crippen LogP contribution in [0.3, 0.4) is 0 Å². The zero-order valence-electron chi connectivity index (χ0n) is 17.8. The number of H-pyrrole nitrogens is 1. The SMILES string of the molecule is CC(C)OC(=O)N1CC=C(c2c[nH]c3ncc(-c4ccc(S(C)(=O)=O)cc4)cc23)CC1. The van der Waals surface area contributed by atoms with Crippen molar-refractivity contribution in [3.05, 3.63) is 54.4 Å². The first kappa shape index (κ1) is 21.1. The fourth-order valence-electron chi connectivity index (χ4n) is 3.68. The van der Waals surface area contributed by atoms with Gasteiger partial charge in [-0.25, -0.2) is 18.2 Å². The smallest absolute Gasteiger partial charge is 0.410 e. The highest BCUT2D eigenvalue weighted by Crippen LogP contribution is 2.31. The number of aromatic amines is 1. The molecule has 0 spiro atoms. The molecule has 31 heavy (non-hydrogen) atoms. The van der Waals surface area contributed by atoms with Gasteiger partial charge < -0.3 is 14.6 Å². The predicted octanol–water partition coefficient (Wildman–Crippen LogP) is 4.27. The molecular weight excluding hydrogens is 414 g/mol. The third kappa shape index (κ3) is 4.49. The number of carbonyl (C=O) groups is 1. The molecule has 0 fully saturated rings. The minimum absolute atomic E-state index is 0.137. The van der Waals surface area contributed by atoms with Gasteiger partial charge in [0, 0.05) is 48.3 Å². The Morgan fingerprint density at radius 3 is 2.55 bits per heavy atom. The van der Waals surface area contributed by atoms with Crippen molar-refractivity contribution in [2.75, 3.05) is 19.3 Å². The van der Waals surface area contributed by atoms with Gasteiger partial charge in [0.1, 0.15) is 5.65 Å². The first-order valence-electron chi connectivity index (χ1n) is 10.1. The Morgan fingerprint density at radius 2 is 1.94 bits per heavy atom. The molecule has 0 radical (unpaired) electrons. The van der Waals surface area contributed by atoms with Gasteiger partial charge in [0.05, 0.1) is 11.0 Å². The zero-order chi connectivity index (χ0) is 22.2. The van der Waals surface area contributed by atoms with Crippen molar-refractivity contribution in [1.29, 1.82) is 0 Å². The molecule has 0 saturated heterocycles. The maximum absolute atomic E-state index is 12.1. The third-order valence-electron chi connectivity index (χ3n) is 5.30. The van der Waals surface area contributed by atoms with Crippen LogP contribution in [0, 0.1) is 0 Å². The topological polar surface area (TPSA) is 92.4 Å². The van der Waals surface area contributed by atoms with E-state index in [1.54, 1.807) is 35.4 Å². The average Bonchev–Trinajstić information content (AvgIpc) is 3.16. The number of fused-ring (bicyclic) bond motifs is 1. The molecule has 0 unspecified atom stereocenters. The van der Waals surface area contributed by atoms with Gasteiger partial charge in [0.2, 0.25) is 0 Å². The summed E-state index contributed by atoms with van der Waals surface area (Å²) >= 11 is 0. The molecule has 0 atom stereocenters. The number of ether oxygens (including phenoxy) is 1. The summed E-state index contributed by atoms with van der Waals surface area (Å²) in [6, 6.07) is 8.87. The molecule has 0 saturated carbocycles. The van der Waals surface area contributed by atoms with Crippen LogP contribution in [0.4, 0.5) is 4.79 Å². The van der Waals surface area contributed by atoms with Crippen LogP contribution in [0.1, 0.15) is 25.8 Å². The molecule has 3 aromatic rings. The highest BCUT2D eigenvalue weighted by Gasteiger charge is 2.21. The zero-order valence-corrected chi connectivity index (χ0v) is 18.6. The fraction of sp³-hybridized carbons (Fsp3) is 0.304. The number of hydrogen-bond acceptors (Lipinski definition) is 5. The Labute approximate surface area is 181 Å². The molecule has 2 aromatic heterocycles. The molecule has 4 rings (SSSR count). The van der Waals surface area contributed by atoms with Crippen LogP contribution < -0.4 is 0 Å². The summed E-state index contributed by atoms with van der Waals surface area (Å²) in [6.07, 6.45) is 7.28. The van der Waals surface area contributed by atoms with E-state index < -0.39 is 9.84 Å². The molecule has 8 heteroatoms. The van der Waals surface area contributed by atoms with E-state index in [-0.39, 0.29) is 12.2 Å². The van der Waals surface area contributed by atoms with Gasteiger partial charge in [-0.15, -0.1) is 0 Å². The van der Waals surface area contributed by atoms with Crippen LogP contribution in [-0.2, 0) is 14.6 Å². The lowest BCUT2D eigenvalue weighted by Gasteiger charge is -2.26. The summed E-state index contributed by atoms with van der Waals surface area (Å²) in [7, 11) is -3.23. The van der Waals surface area contributed by atoms with Gasteiger partial charge in [0.25, 0.3) is 0 Å². The largest absolute Gasteiger partial charge is 0.447 e. The van der Waals surface area contributed by atoms with Gasteiger partial charge >= 0.3 is 6.09 Å². The van der Waals surface area contributed by atoms with Crippen LogP contribution in [0.2, 0.25) is 0 Å². The first-order chi connectivity index (χ1) is 14.7. The summed E-state index contributed by atoms with van der Waals surface area (Å²) in [4.78, 5) is 21.9. The van der Waals surface area contributed by atoms with Gasteiger partial charge in [-0.2, -0.15) is 0 Å². The second-order valence-corrected chi connectivity index (χ2v) is 9.99. The van der Waals surface area contributed by atoms with Crippen molar-refractivity contribution in [1.82, 2.24) is 14.9 Å². The van der Waals surface area contributed by atoms with Crippen molar-refractivity contribution in [3.8, 4) is 11.1 Å². The molecule has 3 heterocycles. The van der Waals surface area contributed by atoms with Crippen LogP contribution in [0.5, 0.6) is 0 Å². The quantitative estimate of drug-likeness (QED) is 0.655. The number of carbonyl (C=O) groups excluding carboxylic acids is 1. The molecule has 0 bridgehead atoms. The standard InChI is InChI=1S/C23H25N3O4S/c1-15(2)30-23(27)26-10-8-17(9-11-26)21-14-25-22-20(21)12-18(13-24-22)16-4-6-19(7-5-16)31(3,28)29/h4-8,12-15H,9-11H2,1-3H3,(H,24,25). The number of hydrogen-bond donors (Lipinski definition) is 1. The number of pyridine rings is 1.